The molecule has 18 heavy (non-hydrogen) atoms. The van der Waals surface area contributed by atoms with Crippen molar-refractivity contribution in [2.75, 3.05) is 20.8 Å². The molecular weight excluding hydrogens is 232 g/mol. The van der Waals surface area contributed by atoms with Crippen LogP contribution >= 0.6 is 0 Å². The number of hydrogen-bond donors (Lipinski definition) is 1. The largest absolute Gasteiger partial charge is 0.467 e. The van der Waals surface area contributed by atoms with Crippen molar-refractivity contribution in [2.45, 2.75) is 39.2 Å². The van der Waals surface area contributed by atoms with Crippen molar-refractivity contribution < 1.29 is 9.47 Å². The summed E-state index contributed by atoms with van der Waals surface area (Å²) in [5.41, 5.74) is 0. The first kappa shape index (κ1) is 14.6. The zero-order chi connectivity index (χ0) is 13.5. The van der Waals surface area contributed by atoms with E-state index in [9.17, 15) is 0 Å². The topological polar surface area (TPSA) is 69.2 Å². The lowest BCUT2D eigenvalue weighted by molar-refractivity contribution is 0.328. The van der Waals surface area contributed by atoms with Crippen molar-refractivity contribution in [1.29, 1.82) is 0 Å². The Morgan fingerprint density at radius 1 is 1.06 bits per heavy atom. The van der Waals surface area contributed by atoms with Crippen LogP contribution in [0.5, 0.6) is 12.0 Å². The van der Waals surface area contributed by atoms with Crippen molar-refractivity contribution in [3.63, 3.8) is 0 Å². The second-order valence-corrected chi connectivity index (χ2v) is 4.03. The van der Waals surface area contributed by atoms with E-state index in [1.54, 1.807) is 0 Å². The second-order valence-electron chi connectivity index (χ2n) is 4.03. The van der Waals surface area contributed by atoms with E-state index in [1.807, 2.05) is 0 Å². The molecule has 0 aromatic carbocycles. The summed E-state index contributed by atoms with van der Waals surface area (Å²) in [6, 6.07) is 0.870. The smallest absolute Gasteiger partial charge is 0.322 e. The molecular formula is C12H22N4O2. The quantitative estimate of drug-likeness (QED) is 0.792. The molecule has 2 atom stereocenters. The summed E-state index contributed by atoms with van der Waals surface area (Å²) in [6.45, 7) is 7.23. The minimum Gasteiger partial charge on any atom is -0.467 e. The summed E-state index contributed by atoms with van der Waals surface area (Å²) >= 11 is 0. The fourth-order valence-electron chi connectivity index (χ4n) is 1.93. The highest BCUT2D eigenvalue weighted by molar-refractivity contribution is 5.10. The first-order chi connectivity index (χ1) is 8.65. The summed E-state index contributed by atoms with van der Waals surface area (Å²) in [7, 11) is 3.07. The van der Waals surface area contributed by atoms with E-state index >= 15 is 0 Å². The summed E-state index contributed by atoms with van der Waals surface area (Å²) in [4.78, 5) is 12.6. The molecule has 0 saturated heterocycles. The molecule has 6 nitrogen and oxygen atoms in total. The maximum absolute atomic E-state index is 5.07. The van der Waals surface area contributed by atoms with Crippen molar-refractivity contribution in [3.8, 4) is 12.0 Å². The molecule has 1 aromatic rings. The maximum Gasteiger partial charge on any atom is 0.322 e. The standard InChI is InChI=1S/C12H22N4O2/c1-6-9(8(3)13-7-2)10-14-11(17-4)16-12(15-10)18-5/h8-9,13H,6-7H2,1-5H3. The lowest BCUT2D eigenvalue weighted by Crippen LogP contribution is -2.32. The van der Waals surface area contributed by atoms with Crippen LogP contribution in [0.15, 0.2) is 0 Å². The van der Waals surface area contributed by atoms with Crippen LogP contribution in [-0.2, 0) is 0 Å². The molecule has 0 radical (unpaired) electrons. The number of hydrogen-bond acceptors (Lipinski definition) is 6. The van der Waals surface area contributed by atoms with E-state index in [0.717, 1.165) is 13.0 Å². The van der Waals surface area contributed by atoms with E-state index in [-0.39, 0.29) is 12.0 Å². The molecule has 0 aliphatic rings. The van der Waals surface area contributed by atoms with Crippen LogP contribution in [0, 0.1) is 0 Å². The van der Waals surface area contributed by atoms with Gasteiger partial charge in [0.05, 0.1) is 14.2 Å². The SMILES string of the molecule is CCNC(C)C(CC)c1nc(OC)nc(OC)n1. The number of nitrogens with one attached hydrogen (secondary N) is 1. The molecule has 0 aliphatic heterocycles. The predicted molar refractivity (Wildman–Crippen MR) is 69.1 cm³/mol. The van der Waals surface area contributed by atoms with E-state index in [2.05, 4.69) is 41.0 Å². The van der Waals surface area contributed by atoms with Gasteiger partial charge in [-0.15, -0.1) is 4.98 Å². The van der Waals surface area contributed by atoms with Gasteiger partial charge in [-0.2, -0.15) is 9.97 Å². The number of likely N-dealkylation sites (N-methyl/N-ethyl adjacent to an activating group) is 1. The number of nitrogens with zero attached hydrogens (tertiary/aromatic N) is 3. The number of methoxy groups -OCH3 is 2. The van der Waals surface area contributed by atoms with Gasteiger partial charge in [0.2, 0.25) is 0 Å². The number of ether oxygens (including phenoxy) is 2. The molecule has 102 valence electrons. The Kier molecular flexibility index (Phi) is 5.77. The molecule has 1 aromatic heterocycles. The Bertz CT molecular complexity index is 351. The van der Waals surface area contributed by atoms with Crippen LogP contribution in [0.25, 0.3) is 0 Å². The average Bonchev–Trinajstić information content (AvgIpc) is 2.39. The average molecular weight is 254 g/mol. The van der Waals surface area contributed by atoms with Gasteiger partial charge in [-0.25, -0.2) is 0 Å². The molecule has 1 heterocycles. The zero-order valence-electron chi connectivity index (χ0n) is 11.7. The van der Waals surface area contributed by atoms with Crippen LogP contribution in [-0.4, -0.2) is 41.8 Å². The van der Waals surface area contributed by atoms with Crippen LogP contribution in [0.1, 0.15) is 38.9 Å². The number of aromatic nitrogens is 3. The fourth-order valence-corrected chi connectivity index (χ4v) is 1.93. The van der Waals surface area contributed by atoms with Crippen molar-refractivity contribution >= 4 is 0 Å². The molecule has 0 amide bonds. The van der Waals surface area contributed by atoms with Gasteiger partial charge < -0.3 is 14.8 Å². The normalized spacial score (nSPS) is 14.1. The Hall–Kier alpha value is -1.43. The minimum absolute atomic E-state index is 0.204. The molecule has 1 N–H and O–H groups in total. The third-order valence-electron chi connectivity index (χ3n) is 2.88. The monoisotopic (exact) mass is 254 g/mol. The van der Waals surface area contributed by atoms with Gasteiger partial charge in [-0.3, -0.25) is 0 Å². The van der Waals surface area contributed by atoms with E-state index in [0.29, 0.717) is 17.8 Å². The highest BCUT2D eigenvalue weighted by Crippen LogP contribution is 2.22. The molecule has 0 bridgehead atoms. The van der Waals surface area contributed by atoms with Gasteiger partial charge >= 0.3 is 12.0 Å². The van der Waals surface area contributed by atoms with Crippen LogP contribution in [0.2, 0.25) is 0 Å². The van der Waals surface area contributed by atoms with Gasteiger partial charge in [0.25, 0.3) is 0 Å². The molecule has 0 spiro atoms. The maximum atomic E-state index is 5.07. The van der Waals surface area contributed by atoms with E-state index in [4.69, 9.17) is 9.47 Å². The molecule has 6 heteroatoms. The first-order valence-corrected chi connectivity index (χ1v) is 6.23. The summed E-state index contributed by atoms with van der Waals surface area (Å²) in [5.74, 6) is 0.908. The zero-order valence-corrected chi connectivity index (χ0v) is 11.7. The van der Waals surface area contributed by atoms with Gasteiger partial charge in [-0.1, -0.05) is 13.8 Å². The van der Waals surface area contributed by atoms with Crippen molar-refractivity contribution in [1.82, 2.24) is 20.3 Å². The molecule has 1 rings (SSSR count). The molecule has 2 unspecified atom stereocenters. The molecule has 0 aliphatic carbocycles. The van der Waals surface area contributed by atoms with Crippen LogP contribution < -0.4 is 14.8 Å². The Morgan fingerprint density at radius 3 is 2.00 bits per heavy atom. The van der Waals surface area contributed by atoms with E-state index in [1.165, 1.54) is 14.2 Å². The first-order valence-electron chi connectivity index (χ1n) is 6.23. The van der Waals surface area contributed by atoms with Gasteiger partial charge in [0, 0.05) is 12.0 Å². The Balaban J connectivity index is 3.03. The molecule has 0 fully saturated rings. The Morgan fingerprint density at radius 2 is 1.61 bits per heavy atom. The predicted octanol–water partition coefficient (Wildman–Crippen LogP) is 1.38. The van der Waals surface area contributed by atoms with E-state index < -0.39 is 0 Å². The fraction of sp³-hybridized carbons (Fsp3) is 0.750. The lowest BCUT2D eigenvalue weighted by atomic mass is 9.97. The van der Waals surface area contributed by atoms with Crippen LogP contribution in [0.3, 0.4) is 0 Å². The highest BCUT2D eigenvalue weighted by Gasteiger charge is 2.21. The summed E-state index contributed by atoms with van der Waals surface area (Å²) < 4.78 is 10.1. The van der Waals surface area contributed by atoms with Gasteiger partial charge in [-0.05, 0) is 19.9 Å². The number of rotatable bonds is 7. The van der Waals surface area contributed by atoms with Gasteiger partial charge in [0.1, 0.15) is 5.82 Å². The minimum atomic E-state index is 0.204. The summed E-state index contributed by atoms with van der Waals surface area (Å²) in [6.07, 6.45) is 0.935. The van der Waals surface area contributed by atoms with Gasteiger partial charge in [0.15, 0.2) is 0 Å². The second kappa shape index (κ2) is 7.10. The van der Waals surface area contributed by atoms with Crippen molar-refractivity contribution in [3.05, 3.63) is 5.82 Å². The van der Waals surface area contributed by atoms with Crippen LogP contribution in [0.4, 0.5) is 0 Å². The third-order valence-corrected chi connectivity index (χ3v) is 2.88. The van der Waals surface area contributed by atoms with Crippen molar-refractivity contribution in [2.24, 2.45) is 0 Å². The lowest BCUT2D eigenvalue weighted by Gasteiger charge is -2.22. The molecule has 0 saturated carbocycles. The third kappa shape index (κ3) is 3.53. The summed E-state index contributed by atoms with van der Waals surface area (Å²) in [5, 5.41) is 3.39. The Labute approximate surface area is 108 Å². The highest BCUT2D eigenvalue weighted by atomic mass is 16.5.